The van der Waals surface area contributed by atoms with Crippen LogP contribution in [0.2, 0.25) is 0 Å². The van der Waals surface area contributed by atoms with E-state index in [4.69, 9.17) is 28.3 Å². The van der Waals surface area contributed by atoms with Gasteiger partial charge in [-0.15, -0.1) is 0 Å². The maximum absolute atomic E-state index is 12.6. The second kappa shape index (κ2) is 37.1. The van der Waals surface area contributed by atoms with Gasteiger partial charge in [-0.25, -0.2) is 31.3 Å². The van der Waals surface area contributed by atoms with Gasteiger partial charge in [0.15, 0.2) is 11.6 Å². The van der Waals surface area contributed by atoms with Crippen molar-refractivity contribution in [2.45, 2.75) is 27.7 Å². The number of nitriles is 1. The van der Waals surface area contributed by atoms with Crippen LogP contribution in [0.1, 0.15) is 106 Å². The molecule has 0 aliphatic heterocycles. The molecular formula is C72H73N15O11. The van der Waals surface area contributed by atoms with Crippen LogP contribution < -0.4 is 55.7 Å². The fourth-order valence-corrected chi connectivity index (χ4v) is 8.79. The molecule has 502 valence electrons. The summed E-state index contributed by atoms with van der Waals surface area (Å²) in [5.41, 5.74) is 40.5. The summed E-state index contributed by atoms with van der Waals surface area (Å²) in [6, 6.07) is 58.2. The third-order valence-electron chi connectivity index (χ3n) is 14.1. The number of Topliss-reactive ketones (excluding diaryl/α,β-unsaturated/α-hetero) is 1. The van der Waals surface area contributed by atoms with E-state index in [-0.39, 0.29) is 58.2 Å². The lowest BCUT2D eigenvalue weighted by atomic mass is 10.1. The minimum atomic E-state index is -0.389. The molecule has 0 bridgehead atoms. The van der Waals surface area contributed by atoms with E-state index in [1.807, 2.05) is 82.3 Å². The molecule has 0 radical (unpaired) electrons. The standard InChI is InChI=1S/2C19H18N4O3.C16H12N2O.C9H13N3O2.C9H12N2O2/c2*1-12-8-9-14(19(25)22-26-2)10-16(12)23-18(20)15(11-21-23)17(24)13-6-4-3-5-7-13;17-11-14(12-18-15-9-5-2-6-10-15)16(19)13-7-3-1-4-8-13;1-6-3-4-7(5-8(6)11-10)9(13)12-14-2;1-6-3-4-7(5-8(6)10)9(12)11-13-2/h2*3-11H,20H2,1-2H3,(H,22,25);1-10,12,18H;3-5,11H,10H2,1-2H3,(H,12,13);3-5H,10H2,1-2H3,(H,11,12)/b;;14-12+;;. The van der Waals surface area contributed by atoms with Gasteiger partial charge in [-0.2, -0.15) is 15.5 Å². The Kier molecular flexibility index (Phi) is 28.1. The highest BCUT2D eigenvalue weighted by atomic mass is 16.6. The molecule has 0 saturated carbocycles. The van der Waals surface area contributed by atoms with Gasteiger partial charge >= 0.3 is 0 Å². The molecule has 0 spiro atoms. The normalized spacial score (nSPS) is 10.3. The number of ketones is 3. The van der Waals surface area contributed by atoms with Crippen LogP contribution in [0.4, 0.5) is 28.7 Å². The van der Waals surface area contributed by atoms with E-state index in [1.54, 1.807) is 146 Å². The highest BCUT2D eigenvalue weighted by Crippen LogP contribution is 2.26. The van der Waals surface area contributed by atoms with E-state index in [1.165, 1.54) is 56.4 Å². The summed E-state index contributed by atoms with van der Waals surface area (Å²) in [6.07, 6.45) is 4.31. The number of amides is 4. The molecule has 10 aromatic rings. The lowest BCUT2D eigenvalue weighted by Crippen LogP contribution is -2.22. The first-order valence-electron chi connectivity index (χ1n) is 29.6. The zero-order valence-corrected chi connectivity index (χ0v) is 54.7. The van der Waals surface area contributed by atoms with Gasteiger partial charge in [-0.1, -0.05) is 133 Å². The van der Waals surface area contributed by atoms with Crippen molar-refractivity contribution in [2.24, 2.45) is 5.84 Å². The molecule has 0 atom stereocenters. The van der Waals surface area contributed by atoms with Crippen molar-refractivity contribution >= 4 is 69.7 Å². The number of aromatic nitrogens is 4. The number of para-hydroxylation sites is 1. The summed E-state index contributed by atoms with van der Waals surface area (Å²) in [5, 5.41) is 20.5. The molecule has 10 rings (SSSR count). The van der Waals surface area contributed by atoms with Crippen LogP contribution in [-0.2, 0) is 19.4 Å². The van der Waals surface area contributed by atoms with E-state index in [2.05, 4.69) is 62.2 Å². The predicted molar refractivity (Wildman–Crippen MR) is 372 cm³/mol. The average Bonchev–Trinajstić information content (AvgIpc) is 1.63. The number of nitrogen functional groups attached to an aromatic ring is 4. The topological polar surface area (TPSA) is 392 Å². The Morgan fingerprint density at radius 2 is 0.786 bits per heavy atom. The zero-order chi connectivity index (χ0) is 71.3. The number of anilines is 5. The molecule has 2 aromatic heterocycles. The monoisotopic (exact) mass is 1320 g/mol. The number of nitrogens with two attached hydrogens (primary N) is 4. The molecule has 0 saturated heterocycles. The molecule has 0 aliphatic carbocycles. The lowest BCUT2D eigenvalue weighted by Gasteiger charge is -2.11. The number of carbonyl (C=O) groups excluding carboxylic acids is 7. The van der Waals surface area contributed by atoms with Crippen molar-refractivity contribution < 1.29 is 52.9 Å². The van der Waals surface area contributed by atoms with Gasteiger partial charge in [0.1, 0.15) is 23.3 Å². The van der Waals surface area contributed by atoms with Crippen molar-refractivity contribution in [2.75, 3.05) is 56.4 Å². The summed E-state index contributed by atoms with van der Waals surface area (Å²) in [7, 11) is 5.49. The summed E-state index contributed by atoms with van der Waals surface area (Å²) < 4.78 is 2.91. The van der Waals surface area contributed by atoms with Crippen LogP contribution in [0.5, 0.6) is 0 Å². The van der Waals surface area contributed by atoms with E-state index in [0.29, 0.717) is 72.8 Å². The number of hydrogen-bond acceptors (Lipinski definition) is 20. The molecule has 26 heteroatoms. The molecule has 0 fully saturated rings. The van der Waals surface area contributed by atoms with Crippen molar-refractivity contribution in [3.63, 3.8) is 0 Å². The first-order valence-corrected chi connectivity index (χ1v) is 29.6. The summed E-state index contributed by atoms with van der Waals surface area (Å²) in [5.74, 6) is 3.63. The first kappa shape index (κ1) is 74.1. The van der Waals surface area contributed by atoms with E-state index in [0.717, 1.165) is 27.9 Å². The van der Waals surface area contributed by atoms with Crippen molar-refractivity contribution in [1.29, 1.82) is 5.26 Å². The van der Waals surface area contributed by atoms with Gasteiger partial charge in [-0.05, 0) is 111 Å². The van der Waals surface area contributed by atoms with Gasteiger partial charge < -0.3 is 27.9 Å². The van der Waals surface area contributed by atoms with Crippen molar-refractivity contribution in [3.05, 3.63) is 291 Å². The quantitative estimate of drug-likeness (QED) is 0.00899. The number of allylic oxidation sites excluding steroid dienone is 1. The number of rotatable bonds is 19. The third kappa shape index (κ3) is 20.3. The van der Waals surface area contributed by atoms with E-state index in [9.17, 15) is 33.6 Å². The van der Waals surface area contributed by atoms with Crippen LogP contribution in [-0.4, -0.2) is 89.0 Å². The van der Waals surface area contributed by atoms with Crippen LogP contribution in [0.3, 0.4) is 0 Å². The Morgan fingerprint density at radius 1 is 0.439 bits per heavy atom. The predicted octanol–water partition coefficient (Wildman–Crippen LogP) is 9.40. The Bertz CT molecular complexity index is 4320. The molecule has 2 heterocycles. The largest absolute Gasteiger partial charge is 0.398 e. The Balaban J connectivity index is 0.000000199. The molecule has 0 unspecified atom stereocenters. The summed E-state index contributed by atoms with van der Waals surface area (Å²) in [4.78, 5) is 102. The first-order chi connectivity index (χ1) is 47.2. The second-order valence-corrected chi connectivity index (χ2v) is 20.8. The van der Waals surface area contributed by atoms with Gasteiger partial charge in [0.2, 0.25) is 5.78 Å². The molecule has 26 nitrogen and oxygen atoms in total. The molecule has 4 amide bonds. The highest BCUT2D eigenvalue weighted by molar-refractivity contribution is 6.13. The van der Waals surface area contributed by atoms with Gasteiger partial charge in [-0.3, -0.25) is 58.8 Å². The molecule has 0 aliphatic rings. The van der Waals surface area contributed by atoms with Crippen LogP contribution >= 0.6 is 0 Å². The Labute approximate surface area is 564 Å². The van der Waals surface area contributed by atoms with E-state index < -0.39 is 0 Å². The Morgan fingerprint density at radius 3 is 1.15 bits per heavy atom. The smallest absolute Gasteiger partial charge is 0.274 e. The van der Waals surface area contributed by atoms with Crippen LogP contribution in [0, 0.1) is 39.0 Å². The number of hydrogen-bond donors (Lipinski definition) is 10. The maximum Gasteiger partial charge on any atom is 0.274 e. The number of benzene rings is 8. The third-order valence-corrected chi connectivity index (χ3v) is 14.1. The number of nitrogens with zero attached hydrogens (tertiary/aromatic N) is 5. The number of hydroxylamine groups is 4. The SMILES string of the molecule is CONC(=O)c1ccc(C)c(-n2ncc(C(=O)c3ccccc3)c2N)c1.CONC(=O)c1ccc(C)c(-n2ncc(C(=O)c3ccccc3)c2N)c1.CONC(=O)c1ccc(C)c(N)c1.CONC(=O)c1ccc(C)c(NN)c1.N#C/C(=C\Nc1ccccc1)C(=O)c1ccccc1. The number of nitrogens with one attached hydrogen (secondary N) is 6. The highest BCUT2D eigenvalue weighted by Gasteiger charge is 2.22. The number of carbonyl (C=O) groups is 7. The maximum atomic E-state index is 12.6. The van der Waals surface area contributed by atoms with Gasteiger partial charge in [0, 0.05) is 56.5 Å². The van der Waals surface area contributed by atoms with Gasteiger partial charge in [0.05, 0.1) is 69.0 Å². The number of aryl methyl sites for hydroxylation is 4. The van der Waals surface area contributed by atoms with Crippen molar-refractivity contribution in [3.8, 4) is 17.4 Å². The fourth-order valence-electron chi connectivity index (χ4n) is 8.79. The molecule has 8 aromatic carbocycles. The minimum absolute atomic E-state index is 0.0788. The zero-order valence-electron chi connectivity index (χ0n) is 54.7. The van der Waals surface area contributed by atoms with E-state index >= 15 is 0 Å². The van der Waals surface area contributed by atoms with Gasteiger partial charge in [0.25, 0.3) is 23.6 Å². The van der Waals surface area contributed by atoms with Crippen LogP contribution in [0.25, 0.3) is 11.4 Å². The average molecular weight is 1320 g/mol. The summed E-state index contributed by atoms with van der Waals surface area (Å²) in [6.45, 7) is 7.51. The molecule has 98 heavy (non-hydrogen) atoms. The molecule has 14 N–H and O–H groups in total. The molecular weight excluding hydrogens is 1250 g/mol. The van der Waals surface area contributed by atoms with Crippen LogP contribution in [0.15, 0.2) is 218 Å². The van der Waals surface area contributed by atoms with Crippen molar-refractivity contribution in [1.82, 2.24) is 41.5 Å². The number of hydrazine groups is 1. The second-order valence-electron chi connectivity index (χ2n) is 20.8. The summed E-state index contributed by atoms with van der Waals surface area (Å²) >= 11 is 0. The Hall–Kier alpha value is -12.9. The lowest BCUT2D eigenvalue weighted by molar-refractivity contribution is 0.0533. The fraction of sp³-hybridized carbons (Fsp3) is 0.111. The minimum Gasteiger partial charge on any atom is -0.398 e.